The van der Waals surface area contributed by atoms with Gasteiger partial charge >= 0.3 is 0 Å². The van der Waals surface area contributed by atoms with E-state index < -0.39 is 0 Å². The van der Waals surface area contributed by atoms with Gasteiger partial charge in [0, 0.05) is 11.8 Å². The van der Waals surface area contributed by atoms with Crippen LogP contribution >= 0.6 is 0 Å². The summed E-state index contributed by atoms with van der Waals surface area (Å²) in [5, 5.41) is 18.9. The Morgan fingerprint density at radius 2 is 0.915 bits per heavy atom. The van der Waals surface area contributed by atoms with Crippen molar-refractivity contribution in [2.75, 3.05) is 0 Å². The first-order valence-electron chi connectivity index (χ1n) is 19.8. The number of nitriles is 2. The van der Waals surface area contributed by atoms with Crippen molar-refractivity contribution in [1.82, 2.24) is 0 Å². The zero-order chi connectivity index (χ0) is 33.1. The van der Waals surface area contributed by atoms with Crippen molar-refractivity contribution < 1.29 is 4.74 Å². The lowest BCUT2D eigenvalue weighted by Crippen LogP contribution is -2.16. The van der Waals surface area contributed by atoms with Gasteiger partial charge in [-0.15, -0.1) is 0 Å². The summed E-state index contributed by atoms with van der Waals surface area (Å²) < 4.78 is 6.95. The quantitative estimate of drug-likeness (QED) is 0.136. The molecule has 0 bridgehead atoms. The van der Waals surface area contributed by atoms with Crippen LogP contribution in [0.1, 0.15) is 165 Å². The highest BCUT2D eigenvalue weighted by molar-refractivity contribution is 5.45. The maximum Gasteiger partial charge on any atom is 0.130 e. The van der Waals surface area contributed by atoms with E-state index in [0.717, 1.165) is 88.5 Å². The third-order valence-corrected chi connectivity index (χ3v) is 11.2. The third kappa shape index (κ3) is 13.0. The zero-order valence-electron chi connectivity index (χ0n) is 30.0. The molecule has 0 aromatic heterocycles. The fourth-order valence-corrected chi connectivity index (χ4v) is 8.05. The molecule has 0 heterocycles. The first kappa shape index (κ1) is 37.0. The summed E-state index contributed by atoms with van der Waals surface area (Å²) in [6, 6.07) is 19.1. The summed E-state index contributed by atoms with van der Waals surface area (Å²) in [4.78, 5) is 0. The fraction of sp³-hybridized carbons (Fsp3) is 0.682. The predicted octanol–water partition coefficient (Wildman–Crippen LogP) is 13.0. The molecule has 2 fully saturated rings. The van der Waals surface area contributed by atoms with Gasteiger partial charge in [0.25, 0.3) is 0 Å². The number of benzene rings is 2. The highest BCUT2D eigenvalue weighted by Crippen LogP contribution is 2.38. The largest absolute Gasteiger partial charge is 0.457 e. The topological polar surface area (TPSA) is 56.8 Å². The number of hydrogen-bond donors (Lipinski definition) is 0. The highest BCUT2D eigenvalue weighted by Gasteiger charge is 2.24. The van der Waals surface area contributed by atoms with Crippen molar-refractivity contribution in [3.05, 3.63) is 58.7 Å². The van der Waals surface area contributed by atoms with Gasteiger partial charge in [0.2, 0.25) is 0 Å². The molecule has 2 aromatic rings. The van der Waals surface area contributed by atoms with Crippen molar-refractivity contribution in [2.24, 2.45) is 23.7 Å². The van der Waals surface area contributed by atoms with Gasteiger partial charge < -0.3 is 4.74 Å². The van der Waals surface area contributed by atoms with E-state index in [4.69, 9.17) is 4.74 Å². The number of unbranched alkanes of at least 4 members (excludes halogenated alkanes) is 10. The molecule has 2 saturated carbocycles. The Balaban J connectivity index is 1.50. The van der Waals surface area contributed by atoms with Crippen LogP contribution in [0.25, 0.3) is 0 Å². The lowest BCUT2D eigenvalue weighted by atomic mass is 9.79. The summed E-state index contributed by atoms with van der Waals surface area (Å²) in [5.41, 5.74) is 5.59. The minimum atomic E-state index is 0.238. The number of rotatable bonds is 20. The van der Waals surface area contributed by atoms with Crippen LogP contribution in [0, 0.1) is 46.3 Å². The predicted molar refractivity (Wildman–Crippen MR) is 197 cm³/mol. The number of ether oxygens (including phenoxy) is 1. The summed E-state index contributed by atoms with van der Waals surface area (Å²) in [7, 11) is 0. The van der Waals surface area contributed by atoms with Crippen LogP contribution in [-0.4, -0.2) is 0 Å². The van der Waals surface area contributed by atoms with Gasteiger partial charge in [-0.3, -0.25) is 0 Å². The van der Waals surface area contributed by atoms with E-state index in [-0.39, 0.29) is 11.8 Å². The minimum Gasteiger partial charge on any atom is -0.457 e. The first-order valence-corrected chi connectivity index (χ1v) is 19.8. The van der Waals surface area contributed by atoms with Crippen molar-refractivity contribution in [3.63, 3.8) is 0 Å². The number of nitrogens with zero attached hydrogens (tertiary/aromatic N) is 2. The summed E-state index contributed by atoms with van der Waals surface area (Å²) in [5.74, 6) is 3.78. The summed E-state index contributed by atoms with van der Waals surface area (Å²) in [6.45, 7) is 4.57. The molecule has 0 N–H and O–H groups in total. The van der Waals surface area contributed by atoms with Gasteiger partial charge in [-0.1, -0.05) is 102 Å². The second-order valence-corrected chi connectivity index (χ2v) is 15.1. The first-order chi connectivity index (χ1) is 23.1. The molecule has 0 atom stereocenters. The van der Waals surface area contributed by atoms with Gasteiger partial charge in [0.1, 0.15) is 11.5 Å². The maximum absolute atomic E-state index is 9.46. The Kier molecular flexibility index (Phi) is 16.7. The lowest BCUT2D eigenvalue weighted by molar-refractivity contribution is 0.308. The van der Waals surface area contributed by atoms with Crippen molar-refractivity contribution in [3.8, 4) is 23.6 Å². The van der Waals surface area contributed by atoms with Crippen LogP contribution in [0.2, 0.25) is 0 Å². The van der Waals surface area contributed by atoms with Gasteiger partial charge in [-0.25, -0.2) is 0 Å². The van der Waals surface area contributed by atoms with E-state index in [1.807, 2.05) is 0 Å². The molecule has 2 aromatic carbocycles. The summed E-state index contributed by atoms with van der Waals surface area (Å²) in [6.07, 6.45) is 29.0. The van der Waals surface area contributed by atoms with Crippen LogP contribution in [0.15, 0.2) is 36.4 Å². The van der Waals surface area contributed by atoms with Gasteiger partial charge in [-0.05, 0) is 136 Å². The Hall–Kier alpha value is -2.78. The van der Waals surface area contributed by atoms with Gasteiger partial charge in [0.05, 0.1) is 12.1 Å². The van der Waals surface area contributed by atoms with Crippen molar-refractivity contribution >= 4 is 0 Å². The van der Waals surface area contributed by atoms with Crippen LogP contribution in [-0.2, 0) is 25.7 Å². The Morgan fingerprint density at radius 3 is 1.30 bits per heavy atom. The molecular formula is C44H64N2O. The average molecular weight is 637 g/mol. The second kappa shape index (κ2) is 21.2. The molecule has 0 saturated heterocycles. The molecule has 0 amide bonds. The molecule has 47 heavy (non-hydrogen) atoms. The Labute approximate surface area is 288 Å². The average Bonchev–Trinajstić information content (AvgIpc) is 3.10. The molecule has 3 heteroatoms. The van der Waals surface area contributed by atoms with Gasteiger partial charge in [0.15, 0.2) is 0 Å². The molecule has 4 rings (SSSR count). The van der Waals surface area contributed by atoms with E-state index in [9.17, 15) is 10.5 Å². The standard InChI is InChI=1S/C44H64N2O/c1-3-5-7-9-11-13-15-35-25-27-43(41(29-35)31-37-17-21-39(33-45)22-18-37)47-44-28-26-36(16-14-12-10-8-6-4-2)30-42(44)32-38-19-23-40(34-46)24-20-38/h25-30,37-40H,3-24,31-32H2,1-2H3. The van der Waals surface area contributed by atoms with E-state index >= 15 is 0 Å². The van der Waals surface area contributed by atoms with E-state index in [1.54, 1.807) is 0 Å². The third-order valence-electron chi connectivity index (χ3n) is 11.2. The van der Waals surface area contributed by atoms with Crippen LogP contribution in [0.5, 0.6) is 11.5 Å². The van der Waals surface area contributed by atoms with Crippen molar-refractivity contribution in [2.45, 2.75) is 168 Å². The molecule has 2 aliphatic carbocycles. The monoisotopic (exact) mass is 637 g/mol. The highest BCUT2D eigenvalue weighted by atomic mass is 16.5. The number of hydrogen-bond acceptors (Lipinski definition) is 3. The molecule has 0 spiro atoms. The van der Waals surface area contributed by atoms with Crippen LogP contribution in [0.4, 0.5) is 0 Å². The molecule has 2 aliphatic rings. The lowest BCUT2D eigenvalue weighted by Gasteiger charge is -2.27. The Bertz CT molecular complexity index is 1160. The molecule has 0 radical (unpaired) electrons. The van der Waals surface area contributed by atoms with E-state index in [0.29, 0.717) is 11.8 Å². The molecule has 0 aliphatic heterocycles. The van der Waals surface area contributed by atoms with Crippen LogP contribution in [0.3, 0.4) is 0 Å². The molecule has 256 valence electrons. The fourth-order valence-electron chi connectivity index (χ4n) is 8.05. The smallest absolute Gasteiger partial charge is 0.130 e. The Morgan fingerprint density at radius 1 is 0.532 bits per heavy atom. The SMILES string of the molecule is CCCCCCCCc1ccc(Oc2ccc(CCCCCCCC)cc2CC2CCC(C#N)CC2)c(CC2CCC(C#N)CC2)c1. The summed E-state index contributed by atoms with van der Waals surface area (Å²) >= 11 is 0. The van der Waals surface area contributed by atoms with Crippen LogP contribution < -0.4 is 4.74 Å². The molecule has 3 nitrogen and oxygen atoms in total. The van der Waals surface area contributed by atoms with E-state index in [2.05, 4.69) is 62.4 Å². The molecular weight excluding hydrogens is 572 g/mol. The maximum atomic E-state index is 9.46. The van der Waals surface area contributed by atoms with Crippen molar-refractivity contribution in [1.29, 1.82) is 10.5 Å². The normalized spacial score (nSPS) is 21.2. The molecule has 0 unspecified atom stereocenters. The van der Waals surface area contributed by atoms with E-state index in [1.165, 1.54) is 99.3 Å². The second-order valence-electron chi connectivity index (χ2n) is 15.1. The zero-order valence-corrected chi connectivity index (χ0v) is 30.0. The van der Waals surface area contributed by atoms with Gasteiger partial charge in [-0.2, -0.15) is 10.5 Å². The minimum absolute atomic E-state index is 0.238. The number of aryl methyl sites for hydroxylation is 2.